The van der Waals surface area contributed by atoms with Gasteiger partial charge < -0.3 is 15.5 Å². The minimum absolute atomic E-state index is 0.121. The summed E-state index contributed by atoms with van der Waals surface area (Å²) in [6.07, 6.45) is 2.60. The minimum Gasteiger partial charge on any atom is -0.367 e. The van der Waals surface area contributed by atoms with Crippen LogP contribution in [0.15, 0.2) is 24.3 Å². The first kappa shape index (κ1) is 13.4. The zero-order valence-corrected chi connectivity index (χ0v) is 11.8. The molecule has 2 N–H and O–H groups in total. The largest absolute Gasteiger partial charge is 0.367 e. The van der Waals surface area contributed by atoms with Gasteiger partial charge in [0.2, 0.25) is 0 Å². The molecule has 3 heteroatoms. The maximum absolute atomic E-state index is 5.89. The number of hydrogen-bond acceptors (Lipinski definition) is 3. The lowest BCUT2D eigenvalue weighted by atomic mass is 10.1. The number of anilines is 1. The summed E-state index contributed by atoms with van der Waals surface area (Å²) in [5.74, 6) is 0. The van der Waals surface area contributed by atoms with E-state index in [1.165, 1.54) is 30.6 Å². The molecule has 1 saturated heterocycles. The van der Waals surface area contributed by atoms with Crippen LogP contribution in [0.1, 0.15) is 31.4 Å². The Hall–Kier alpha value is -1.06. The summed E-state index contributed by atoms with van der Waals surface area (Å²) >= 11 is 0. The van der Waals surface area contributed by atoms with Gasteiger partial charge in [-0.1, -0.05) is 12.1 Å². The lowest BCUT2D eigenvalue weighted by molar-refractivity contribution is 0.372. The van der Waals surface area contributed by atoms with Gasteiger partial charge in [-0.2, -0.15) is 0 Å². The first-order valence-electron chi connectivity index (χ1n) is 6.85. The molecule has 2 rings (SSSR count). The van der Waals surface area contributed by atoms with E-state index in [2.05, 4.69) is 48.2 Å². The average molecular weight is 247 g/mol. The van der Waals surface area contributed by atoms with E-state index in [9.17, 15) is 0 Å². The molecular formula is C15H25N3. The van der Waals surface area contributed by atoms with Crippen LogP contribution >= 0.6 is 0 Å². The Morgan fingerprint density at radius 1 is 1.33 bits per heavy atom. The Morgan fingerprint density at radius 2 is 2.00 bits per heavy atom. The normalized spacial score (nSPS) is 21.6. The fourth-order valence-electron chi connectivity index (χ4n) is 2.76. The maximum Gasteiger partial charge on any atom is 0.0417 e. The van der Waals surface area contributed by atoms with Crippen molar-refractivity contribution in [1.82, 2.24) is 4.90 Å². The van der Waals surface area contributed by atoms with Gasteiger partial charge in [0.05, 0.1) is 0 Å². The molecule has 0 radical (unpaired) electrons. The highest BCUT2D eigenvalue weighted by Gasteiger charge is 2.24. The molecule has 1 heterocycles. The van der Waals surface area contributed by atoms with E-state index in [0.717, 1.165) is 6.54 Å². The smallest absolute Gasteiger partial charge is 0.0417 e. The molecule has 1 aromatic rings. The zero-order valence-electron chi connectivity index (χ0n) is 11.8. The molecule has 0 bridgehead atoms. The number of nitrogens with two attached hydrogens (primary N) is 1. The SMILES string of the molecule is C[C@@H](N)c1ccc(N2CCCC2CN(C)C)cc1. The lowest BCUT2D eigenvalue weighted by Gasteiger charge is -2.29. The van der Waals surface area contributed by atoms with Crippen molar-refractivity contribution in [3.8, 4) is 0 Å². The van der Waals surface area contributed by atoms with Gasteiger partial charge in [0, 0.05) is 30.9 Å². The van der Waals surface area contributed by atoms with Crippen molar-refractivity contribution in [2.45, 2.75) is 31.8 Å². The molecule has 2 atom stereocenters. The maximum atomic E-state index is 5.89. The van der Waals surface area contributed by atoms with E-state index in [0.29, 0.717) is 6.04 Å². The van der Waals surface area contributed by atoms with Crippen molar-refractivity contribution < 1.29 is 0 Å². The summed E-state index contributed by atoms with van der Waals surface area (Å²) in [7, 11) is 4.30. The van der Waals surface area contributed by atoms with Gasteiger partial charge in [-0.3, -0.25) is 0 Å². The molecule has 1 unspecified atom stereocenters. The van der Waals surface area contributed by atoms with Crippen LogP contribution in [0.4, 0.5) is 5.69 Å². The number of likely N-dealkylation sites (N-methyl/N-ethyl adjacent to an activating group) is 1. The summed E-state index contributed by atoms with van der Waals surface area (Å²) in [6.45, 7) is 4.34. The van der Waals surface area contributed by atoms with Gasteiger partial charge in [-0.25, -0.2) is 0 Å². The monoisotopic (exact) mass is 247 g/mol. The topological polar surface area (TPSA) is 32.5 Å². The van der Waals surface area contributed by atoms with Gasteiger partial charge in [0.15, 0.2) is 0 Å². The molecule has 0 aromatic heterocycles. The van der Waals surface area contributed by atoms with E-state index < -0.39 is 0 Å². The van der Waals surface area contributed by atoms with Gasteiger partial charge in [0.1, 0.15) is 0 Å². The van der Waals surface area contributed by atoms with Crippen LogP contribution in [-0.4, -0.2) is 38.1 Å². The highest BCUT2D eigenvalue weighted by molar-refractivity contribution is 5.50. The standard InChI is InChI=1S/C15H25N3/c1-12(16)13-6-8-14(9-7-13)18-10-4-5-15(18)11-17(2)3/h6-9,12,15H,4-5,10-11,16H2,1-3H3/t12-,15?/m1/s1. The highest BCUT2D eigenvalue weighted by atomic mass is 15.2. The van der Waals surface area contributed by atoms with Gasteiger partial charge >= 0.3 is 0 Å². The fourth-order valence-corrected chi connectivity index (χ4v) is 2.76. The van der Waals surface area contributed by atoms with E-state index in [4.69, 9.17) is 5.73 Å². The van der Waals surface area contributed by atoms with Crippen molar-refractivity contribution >= 4 is 5.69 Å². The van der Waals surface area contributed by atoms with Gasteiger partial charge in [-0.05, 0) is 51.6 Å². The predicted molar refractivity (Wildman–Crippen MR) is 78.0 cm³/mol. The number of rotatable bonds is 4. The summed E-state index contributed by atoms with van der Waals surface area (Å²) in [6, 6.07) is 9.52. The second-order valence-electron chi connectivity index (χ2n) is 5.63. The Morgan fingerprint density at radius 3 is 2.56 bits per heavy atom. The number of hydrogen-bond donors (Lipinski definition) is 1. The van der Waals surface area contributed by atoms with Crippen LogP contribution in [0, 0.1) is 0 Å². The summed E-state index contributed by atoms with van der Waals surface area (Å²) < 4.78 is 0. The minimum atomic E-state index is 0.121. The zero-order chi connectivity index (χ0) is 13.1. The molecule has 1 aliphatic rings. The molecule has 3 nitrogen and oxygen atoms in total. The Balaban J connectivity index is 2.10. The molecule has 0 amide bonds. The first-order valence-corrected chi connectivity index (χ1v) is 6.85. The fraction of sp³-hybridized carbons (Fsp3) is 0.600. The quantitative estimate of drug-likeness (QED) is 0.885. The predicted octanol–water partition coefficient (Wildman–Crippen LogP) is 2.24. The third-order valence-corrected chi connectivity index (χ3v) is 3.70. The van der Waals surface area contributed by atoms with Crippen molar-refractivity contribution in [2.24, 2.45) is 5.73 Å². The van der Waals surface area contributed by atoms with Crippen LogP contribution in [-0.2, 0) is 0 Å². The van der Waals surface area contributed by atoms with E-state index in [1.54, 1.807) is 0 Å². The Kier molecular flexibility index (Phi) is 4.25. The average Bonchev–Trinajstić information content (AvgIpc) is 2.76. The highest BCUT2D eigenvalue weighted by Crippen LogP contribution is 2.26. The summed E-state index contributed by atoms with van der Waals surface area (Å²) in [4.78, 5) is 4.81. The van der Waals surface area contributed by atoms with Crippen LogP contribution in [0.2, 0.25) is 0 Å². The molecule has 1 aromatic carbocycles. The molecule has 100 valence electrons. The first-order chi connectivity index (χ1) is 8.58. The van der Waals surface area contributed by atoms with Crippen LogP contribution in [0.25, 0.3) is 0 Å². The second kappa shape index (κ2) is 5.72. The van der Waals surface area contributed by atoms with Crippen molar-refractivity contribution in [3.05, 3.63) is 29.8 Å². The Bertz CT molecular complexity index is 370. The lowest BCUT2D eigenvalue weighted by Crippen LogP contribution is -2.37. The van der Waals surface area contributed by atoms with Crippen LogP contribution < -0.4 is 10.6 Å². The molecule has 0 spiro atoms. The van der Waals surface area contributed by atoms with Crippen molar-refractivity contribution in [1.29, 1.82) is 0 Å². The second-order valence-corrected chi connectivity index (χ2v) is 5.63. The molecule has 0 aliphatic carbocycles. The van der Waals surface area contributed by atoms with Gasteiger partial charge in [0.25, 0.3) is 0 Å². The van der Waals surface area contributed by atoms with E-state index in [1.807, 2.05) is 6.92 Å². The van der Waals surface area contributed by atoms with Crippen LogP contribution in [0.5, 0.6) is 0 Å². The third-order valence-electron chi connectivity index (χ3n) is 3.70. The summed E-state index contributed by atoms with van der Waals surface area (Å²) in [5, 5.41) is 0. The van der Waals surface area contributed by atoms with E-state index >= 15 is 0 Å². The molecular weight excluding hydrogens is 222 g/mol. The third kappa shape index (κ3) is 3.03. The van der Waals surface area contributed by atoms with Crippen molar-refractivity contribution in [2.75, 3.05) is 32.1 Å². The summed E-state index contributed by atoms with van der Waals surface area (Å²) in [5.41, 5.74) is 8.44. The molecule has 0 saturated carbocycles. The number of benzene rings is 1. The van der Waals surface area contributed by atoms with E-state index in [-0.39, 0.29) is 6.04 Å². The molecule has 1 aliphatic heterocycles. The van der Waals surface area contributed by atoms with Gasteiger partial charge in [-0.15, -0.1) is 0 Å². The Labute approximate surface area is 111 Å². The van der Waals surface area contributed by atoms with Crippen LogP contribution in [0.3, 0.4) is 0 Å². The molecule has 18 heavy (non-hydrogen) atoms. The van der Waals surface area contributed by atoms with Crippen molar-refractivity contribution in [3.63, 3.8) is 0 Å². The molecule has 1 fully saturated rings. The number of nitrogens with zero attached hydrogens (tertiary/aromatic N) is 2.